The number of nitrogens with zero attached hydrogens (tertiary/aromatic N) is 2. The van der Waals surface area contributed by atoms with E-state index in [9.17, 15) is 9.59 Å². The Morgan fingerprint density at radius 1 is 1.64 bits per heavy atom. The molecule has 2 rings (SSSR count). The predicted molar refractivity (Wildman–Crippen MR) is 49.7 cm³/mol. The van der Waals surface area contributed by atoms with Crippen molar-refractivity contribution in [3.05, 3.63) is 17.5 Å². The van der Waals surface area contributed by atoms with Crippen molar-refractivity contribution in [1.82, 2.24) is 5.43 Å². The number of nitrogens with one attached hydrogen (secondary N) is 2. The van der Waals surface area contributed by atoms with Crippen LogP contribution in [0.1, 0.15) is 0 Å². The SMILES string of the molecule is O=C1NN=NC1C(=O)Nc1cccs1. The first kappa shape index (κ1) is 8.82. The van der Waals surface area contributed by atoms with Crippen molar-refractivity contribution in [2.75, 3.05) is 5.32 Å². The molecule has 1 atom stereocenters. The second kappa shape index (κ2) is 3.54. The molecule has 6 nitrogen and oxygen atoms in total. The van der Waals surface area contributed by atoms with Crippen molar-refractivity contribution >= 4 is 28.2 Å². The van der Waals surface area contributed by atoms with Gasteiger partial charge in [-0.05, 0) is 17.5 Å². The molecule has 0 radical (unpaired) electrons. The summed E-state index contributed by atoms with van der Waals surface area (Å²) >= 11 is 1.38. The first-order valence-electron chi connectivity index (χ1n) is 3.81. The maximum absolute atomic E-state index is 11.4. The van der Waals surface area contributed by atoms with Crippen LogP contribution in [0, 0.1) is 0 Å². The van der Waals surface area contributed by atoms with Crippen LogP contribution in [0.4, 0.5) is 5.00 Å². The number of hydrogen-bond donors (Lipinski definition) is 2. The molecule has 14 heavy (non-hydrogen) atoms. The summed E-state index contributed by atoms with van der Waals surface area (Å²) in [5.74, 6) is -0.967. The number of anilines is 1. The molecule has 0 spiro atoms. The highest BCUT2D eigenvalue weighted by molar-refractivity contribution is 7.14. The van der Waals surface area contributed by atoms with Crippen LogP contribution in [0.25, 0.3) is 0 Å². The highest BCUT2D eigenvalue weighted by Gasteiger charge is 2.30. The number of rotatable bonds is 2. The summed E-state index contributed by atoms with van der Waals surface area (Å²) in [5, 5.41) is 11.8. The summed E-state index contributed by atoms with van der Waals surface area (Å²) in [6.45, 7) is 0. The molecule has 1 unspecified atom stereocenters. The zero-order valence-corrected chi connectivity index (χ0v) is 7.75. The molecule has 0 saturated heterocycles. The molecule has 0 saturated carbocycles. The minimum atomic E-state index is -1.06. The molecule has 1 aromatic rings. The van der Waals surface area contributed by atoms with Gasteiger partial charge in [0.1, 0.15) is 0 Å². The molecule has 0 bridgehead atoms. The van der Waals surface area contributed by atoms with E-state index >= 15 is 0 Å². The summed E-state index contributed by atoms with van der Waals surface area (Å²) in [5.41, 5.74) is 2.09. The predicted octanol–water partition coefficient (Wildman–Crippen LogP) is 0.552. The smallest absolute Gasteiger partial charge is 0.278 e. The molecule has 0 aromatic carbocycles. The summed E-state index contributed by atoms with van der Waals surface area (Å²) in [4.78, 5) is 22.4. The van der Waals surface area contributed by atoms with Gasteiger partial charge in [-0.3, -0.25) is 9.59 Å². The average molecular weight is 210 g/mol. The molecule has 1 aromatic heterocycles. The highest BCUT2D eigenvalue weighted by Crippen LogP contribution is 2.16. The van der Waals surface area contributed by atoms with Gasteiger partial charge in [-0.25, -0.2) is 5.43 Å². The van der Waals surface area contributed by atoms with Crippen LogP contribution in [0.15, 0.2) is 27.9 Å². The van der Waals surface area contributed by atoms with Gasteiger partial charge < -0.3 is 5.32 Å². The van der Waals surface area contributed by atoms with Crippen molar-refractivity contribution in [3.63, 3.8) is 0 Å². The van der Waals surface area contributed by atoms with Gasteiger partial charge in [0.25, 0.3) is 11.8 Å². The number of thiophene rings is 1. The van der Waals surface area contributed by atoms with E-state index < -0.39 is 17.9 Å². The number of carbonyl (C=O) groups is 2. The van der Waals surface area contributed by atoms with Crippen molar-refractivity contribution in [3.8, 4) is 0 Å². The molecule has 2 heterocycles. The first-order chi connectivity index (χ1) is 6.77. The van der Waals surface area contributed by atoms with Crippen LogP contribution in [-0.4, -0.2) is 17.9 Å². The Labute approximate surface area is 83.0 Å². The molecule has 2 amide bonds. The van der Waals surface area contributed by atoms with Gasteiger partial charge in [0.15, 0.2) is 0 Å². The lowest BCUT2D eigenvalue weighted by atomic mass is 10.3. The lowest BCUT2D eigenvalue weighted by Crippen LogP contribution is -2.34. The van der Waals surface area contributed by atoms with E-state index in [1.807, 2.05) is 5.38 Å². The normalized spacial score (nSPS) is 19.4. The Balaban J connectivity index is 2.03. The van der Waals surface area contributed by atoms with Crippen LogP contribution in [0.2, 0.25) is 0 Å². The summed E-state index contributed by atoms with van der Waals surface area (Å²) in [7, 11) is 0. The first-order valence-corrected chi connectivity index (χ1v) is 4.69. The van der Waals surface area contributed by atoms with Crippen molar-refractivity contribution < 1.29 is 9.59 Å². The quantitative estimate of drug-likeness (QED) is 0.699. The monoisotopic (exact) mass is 210 g/mol. The van der Waals surface area contributed by atoms with Crippen LogP contribution in [0.3, 0.4) is 0 Å². The minimum absolute atomic E-state index is 0.466. The molecule has 0 fully saturated rings. The lowest BCUT2D eigenvalue weighted by molar-refractivity contribution is -0.127. The molecule has 1 aliphatic rings. The lowest BCUT2D eigenvalue weighted by Gasteiger charge is -2.02. The fraction of sp³-hybridized carbons (Fsp3) is 0.143. The Bertz CT molecular complexity index is 386. The summed E-state index contributed by atoms with van der Waals surface area (Å²) in [6, 6.07) is 2.49. The van der Waals surface area contributed by atoms with Gasteiger partial charge >= 0.3 is 0 Å². The Morgan fingerprint density at radius 3 is 3.07 bits per heavy atom. The fourth-order valence-electron chi connectivity index (χ4n) is 0.960. The number of amides is 2. The minimum Gasteiger partial charge on any atom is -0.315 e. The van der Waals surface area contributed by atoms with E-state index in [-0.39, 0.29) is 0 Å². The zero-order chi connectivity index (χ0) is 9.97. The molecular formula is C7H6N4O2S. The Morgan fingerprint density at radius 2 is 2.50 bits per heavy atom. The molecular weight excluding hydrogens is 204 g/mol. The molecule has 72 valence electrons. The van der Waals surface area contributed by atoms with Crippen LogP contribution in [-0.2, 0) is 9.59 Å². The van der Waals surface area contributed by atoms with Crippen LogP contribution < -0.4 is 10.7 Å². The molecule has 0 aliphatic carbocycles. The van der Waals surface area contributed by atoms with Crippen LogP contribution >= 0.6 is 11.3 Å². The average Bonchev–Trinajstić information content (AvgIpc) is 2.75. The number of hydrogen-bond acceptors (Lipinski definition) is 5. The molecule has 7 heteroatoms. The topological polar surface area (TPSA) is 82.9 Å². The highest BCUT2D eigenvalue weighted by atomic mass is 32.1. The zero-order valence-electron chi connectivity index (χ0n) is 6.93. The Kier molecular flexibility index (Phi) is 2.23. The van der Waals surface area contributed by atoms with Gasteiger partial charge in [-0.1, -0.05) is 5.22 Å². The summed E-state index contributed by atoms with van der Waals surface area (Å²) < 4.78 is 0. The van der Waals surface area contributed by atoms with Crippen molar-refractivity contribution in [2.24, 2.45) is 10.3 Å². The van der Waals surface area contributed by atoms with Crippen LogP contribution in [0.5, 0.6) is 0 Å². The maximum atomic E-state index is 11.4. The van der Waals surface area contributed by atoms with Gasteiger partial charge in [0.2, 0.25) is 6.04 Å². The molecule has 1 aliphatic heterocycles. The van der Waals surface area contributed by atoms with Gasteiger partial charge in [0.05, 0.1) is 5.00 Å². The van der Waals surface area contributed by atoms with Gasteiger partial charge in [0, 0.05) is 0 Å². The van der Waals surface area contributed by atoms with Crippen molar-refractivity contribution in [1.29, 1.82) is 0 Å². The van der Waals surface area contributed by atoms with E-state index in [0.717, 1.165) is 0 Å². The Hall–Kier alpha value is -1.76. The van der Waals surface area contributed by atoms with E-state index in [1.54, 1.807) is 12.1 Å². The van der Waals surface area contributed by atoms with Gasteiger partial charge in [-0.2, -0.15) is 0 Å². The van der Waals surface area contributed by atoms with Gasteiger partial charge in [-0.15, -0.1) is 16.5 Å². The van der Waals surface area contributed by atoms with E-state index in [2.05, 4.69) is 21.1 Å². The second-order valence-electron chi connectivity index (χ2n) is 2.56. The fourth-order valence-corrected chi connectivity index (χ4v) is 1.58. The largest absolute Gasteiger partial charge is 0.315 e. The third kappa shape index (κ3) is 1.62. The maximum Gasteiger partial charge on any atom is 0.278 e. The molecule has 2 N–H and O–H groups in total. The third-order valence-corrected chi connectivity index (χ3v) is 2.38. The summed E-state index contributed by atoms with van der Waals surface area (Å²) in [6.07, 6.45) is 0. The van der Waals surface area contributed by atoms with E-state index in [1.165, 1.54) is 11.3 Å². The number of carbonyl (C=O) groups excluding carboxylic acids is 2. The van der Waals surface area contributed by atoms with Crippen molar-refractivity contribution in [2.45, 2.75) is 6.04 Å². The standard InChI is InChI=1S/C7H6N4O2S/c12-6(5-7(13)10-11-9-5)8-4-2-1-3-14-4/h1-3,5H,(H,8,12)(H,9,10,13). The second-order valence-corrected chi connectivity index (χ2v) is 3.51. The third-order valence-electron chi connectivity index (χ3n) is 1.60. The van der Waals surface area contributed by atoms with E-state index in [0.29, 0.717) is 5.00 Å². The van der Waals surface area contributed by atoms with E-state index in [4.69, 9.17) is 0 Å².